The first-order valence-electron chi connectivity index (χ1n) is 7.70. The molecular weight excluding hydrogens is 250 g/mol. The van der Waals surface area contributed by atoms with Crippen LogP contribution in [0.15, 0.2) is 29.2 Å². The highest BCUT2D eigenvalue weighted by Crippen LogP contribution is 2.45. The predicted molar refractivity (Wildman–Crippen MR) is 83.8 cm³/mol. The molecule has 2 heteroatoms. The third-order valence-corrected chi connectivity index (χ3v) is 5.99. The summed E-state index contributed by atoms with van der Waals surface area (Å²) in [7, 11) is 0. The van der Waals surface area contributed by atoms with Crippen molar-refractivity contribution in [1.29, 1.82) is 0 Å². The standard InChI is InChI=1S/C17H25NS/c1-12(2)18-11-15-8-7-13(15)9-16-10-14-5-3-4-6-17(14)19-16/h3-6,12-13,15-16,18H,7-11H2,1-2H3. The maximum Gasteiger partial charge on any atom is 0.0138 e. The van der Waals surface area contributed by atoms with Crippen molar-refractivity contribution in [3.05, 3.63) is 29.8 Å². The summed E-state index contributed by atoms with van der Waals surface area (Å²) in [5.41, 5.74) is 1.58. The van der Waals surface area contributed by atoms with E-state index in [9.17, 15) is 0 Å². The minimum Gasteiger partial charge on any atom is -0.314 e. The van der Waals surface area contributed by atoms with Crippen molar-refractivity contribution in [2.24, 2.45) is 11.8 Å². The number of benzene rings is 1. The fourth-order valence-corrected chi connectivity index (χ4v) is 4.75. The van der Waals surface area contributed by atoms with E-state index in [2.05, 4.69) is 55.2 Å². The maximum atomic E-state index is 3.61. The van der Waals surface area contributed by atoms with Crippen LogP contribution in [0.3, 0.4) is 0 Å². The molecule has 3 rings (SSSR count). The predicted octanol–water partition coefficient (Wildman–Crippen LogP) is 4.12. The minimum absolute atomic E-state index is 0.631. The smallest absolute Gasteiger partial charge is 0.0138 e. The molecule has 104 valence electrons. The molecule has 1 aromatic rings. The van der Waals surface area contributed by atoms with Crippen LogP contribution >= 0.6 is 11.8 Å². The van der Waals surface area contributed by atoms with Crippen LogP contribution in [-0.2, 0) is 6.42 Å². The molecule has 1 aromatic carbocycles. The molecule has 3 unspecified atom stereocenters. The normalized spacial score (nSPS) is 29.3. The molecule has 1 aliphatic heterocycles. The van der Waals surface area contributed by atoms with Crippen LogP contribution in [-0.4, -0.2) is 17.8 Å². The van der Waals surface area contributed by atoms with Gasteiger partial charge in [-0.3, -0.25) is 0 Å². The van der Waals surface area contributed by atoms with E-state index >= 15 is 0 Å². The van der Waals surface area contributed by atoms with E-state index in [1.165, 1.54) is 37.1 Å². The monoisotopic (exact) mass is 275 g/mol. The van der Waals surface area contributed by atoms with Gasteiger partial charge in [0.2, 0.25) is 0 Å². The SMILES string of the molecule is CC(C)NCC1CCC1CC1Cc2ccccc2S1. The van der Waals surface area contributed by atoms with Crippen molar-refractivity contribution in [2.45, 2.75) is 55.7 Å². The van der Waals surface area contributed by atoms with E-state index in [1.54, 1.807) is 5.56 Å². The zero-order valence-electron chi connectivity index (χ0n) is 12.1. The molecule has 0 radical (unpaired) electrons. The molecule has 0 bridgehead atoms. The van der Waals surface area contributed by atoms with Crippen molar-refractivity contribution >= 4 is 11.8 Å². The molecular formula is C17H25NS. The van der Waals surface area contributed by atoms with E-state index in [-0.39, 0.29) is 0 Å². The van der Waals surface area contributed by atoms with Crippen molar-refractivity contribution < 1.29 is 0 Å². The van der Waals surface area contributed by atoms with E-state index in [0.29, 0.717) is 6.04 Å². The third kappa shape index (κ3) is 3.17. The van der Waals surface area contributed by atoms with Gasteiger partial charge in [-0.05, 0) is 55.7 Å². The molecule has 1 saturated carbocycles. The lowest BCUT2D eigenvalue weighted by Crippen LogP contribution is -2.38. The molecule has 19 heavy (non-hydrogen) atoms. The average molecular weight is 275 g/mol. The highest BCUT2D eigenvalue weighted by molar-refractivity contribution is 8.00. The van der Waals surface area contributed by atoms with Crippen LogP contribution < -0.4 is 5.32 Å². The van der Waals surface area contributed by atoms with Crippen LogP contribution in [0.5, 0.6) is 0 Å². The van der Waals surface area contributed by atoms with Crippen molar-refractivity contribution in [2.75, 3.05) is 6.54 Å². The molecule has 0 amide bonds. The first-order chi connectivity index (χ1) is 9.22. The Morgan fingerprint density at radius 2 is 2.00 bits per heavy atom. The van der Waals surface area contributed by atoms with Gasteiger partial charge in [-0.2, -0.15) is 0 Å². The lowest BCUT2D eigenvalue weighted by Gasteiger charge is -2.38. The van der Waals surface area contributed by atoms with Gasteiger partial charge in [-0.1, -0.05) is 32.0 Å². The van der Waals surface area contributed by atoms with Gasteiger partial charge in [-0.15, -0.1) is 11.8 Å². The Morgan fingerprint density at radius 1 is 1.21 bits per heavy atom. The lowest BCUT2D eigenvalue weighted by atomic mass is 9.71. The number of hydrogen-bond donors (Lipinski definition) is 1. The van der Waals surface area contributed by atoms with Gasteiger partial charge in [-0.25, -0.2) is 0 Å². The average Bonchev–Trinajstić information content (AvgIpc) is 2.77. The number of rotatable bonds is 5. The van der Waals surface area contributed by atoms with Crippen molar-refractivity contribution in [3.8, 4) is 0 Å². The number of nitrogens with one attached hydrogen (secondary N) is 1. The van der Waals surface area contributed by atoms with Crippen LogP contribution in [0.2, 0.25) is 0 Å². The molecule has 0 aromatic heterocycles. The highest BCUT2D eigenvalue weighted by Gasteiger charge is 2.34. The van der Waals surface area contributed by atoms with E-state index in [1.807, 2.05) is 0 Å². The molecule has 0 spiro atoms. The lowest BCUT2D eigenvalue weighted by molar-refractivity contribution is 0.157. The summed E-state index contributed by atoms with van der Waals surface area (Å²) >= 11 is 2.12. The summed E-state index contributed by atoms with van der Waals surface area (Å²) in [6, 6.07) is 9.58. The van der Waals surface area contributed by atoms with E-state index in [4.69, 9.17) is 0 Å². The summed E-state index contributed by atoms with van der Waals surface area (Å²) in [6.07, 6.45) is 5.61. The quantitative estimate of drug-likeness (QED) is 0.867. The Bertz CT molecular complexity index is 404. The van der Waals surface area contributed by atoms with Crippen LogP contribution in [0.4, 0.5) is 0 Å². The summed E-state index contributed by atoms with van der Waals surface area (Å²) < 4.78 is 0. The van der Waals surface area contributed by atoms with Gasteiger partial charge in [0.15, 0.2) is 0 Å². The Balaban J connectivity index is 1.48. The second kappa shape index (κ2) is 5.88. The summed E-state index contributed by atoms with van der Waals surface area (Å²) in [6.45, 7) is 5.72. The second-order valence-corrected chi connectivity index (χ2v) is 7.79. The van der Waals surface area contributed by atoms with Crippen LogP contribution in [0.1, 0.15) is 38.7 Å². The van der Waals surface area contributed by atoms with Crippen LogP contribution in [0.25, 0.3) is 0 Å². The first kappa shape index (κ1) is 13.5. The first-order valence-corrected chi connectivity index (χ1v) is 8.58. The van der Waals surface area contributed by atoms with Gasteiger partial charge >= 0.3 is 0 Å². The Labute approximate surface area is 121 Å². The number of fused-ring (bicyclic) bond motifs is 1. The van der Waals surface area contributed by atoms with E-state index < -0.39 is 0 Å². The Kier molecular flexibility index (Phi) is 4.18. The summed E-state index contributed by atoms with van der Waals surface area (Å²) in [5.74, 6) is 1.91. The molecule has 2 aliphatic rings. The van der Waals surface area contributed by atoms with Gasteiger partial charge < -0.3 is 5.32 Å². The molecule has 1 fully saturated rings. The fourth-order valence-electron chi connectivity index (χ4n) is 3.33. The summed E-state index contributed by atoms with van der Waals surface area (Å²) in [4.78, 5) is 1.53. The zero-order chi connectivity index (χ0) is 13.2. The molecule has 0 saturated heterocycles. The largest absolute Gasteiger partial charge is 0.314 e. The van der Waals surface area contributed by atoms with Crippen molar-refractivity contribution in [1.82, 2.24) is 5.32 Å². The molecule has 1 N–H and O–H groups in total. The second-order valence-electron chi connectivity index (χ2n) is 6.45. The molecule has 1 aliphatic carbocycles. The fraction of sp³-hybridized carbons (Fsp3) is 0.647. The van der Waals surface area contributed by atoms with E-state index in [0.717, 1.165) is 17.1 Å². The number of hydrogen-bond acceptors (Lipinski definition) is 2. The third-order valence-electron chi connectivity index (χ3n) is 4.64. The molecule has 3 atom stereocenters. The van der Waals surface area contributed by atoms with Gasteiger partial charge in [0, 0.05) is 16.2 Å². The Hall–Kier alpha value is -0.470. The van der Waals surface area contributed by atoms with Gasteiger partial charge in [0.1, 0.15) is 0 Å². The summed E-state index contributed by atoms with van der Waals surface area (Å²) in [5, 5.41) is 4.45. The molecule has 1 nitrogen and oxygen atoms in total. The Morgan fingerprint density at radius 3 is 2.68 bits per heavy atom. The zero-order valence-corrected chi connectivity index (χ0v) is 12.9. The number of thioether (sulfide) groups is 1. The molecule has 1 heterocycles. The minimum atomic E-state index is 0.631. The topological polar surface area (TPSA) is 12.0 Å². The van der Waals surface area contributed by atoms with Crippen molar-refractivity contribution in [3.63, 3.8) is 0 Å². The highest BCUT2D eigenvalue weighted by atomic mass is 32.2. The van der Waals surface area contributed by atoms with Gasteiger partial charge in [0.05, 0.1) is 0 Å². The maximum absolute atomic E-state index is 3.61. The van der Waals surface area contributed by atoms with Gasteiger partial charge in [0.25, 0.3) is 0 Å². The van der Waals surface area contributed by atoms with Crippen LogP contribution in [0, 0.1) is 11.8 Å².